The molecule has 0 atom stereocenters. The maximum absolute atomic E-state index is 13.2. The van der Waals surface area contributed by atoms with Gasteiger partial charge >= 0.3 is 0 Å². The van der Waals surface area contributed by atoms with E-state index in [-0.39, 0.29) is 11.7 Å². The number of fused-ring (bicyclic) bond motifs is 1. The first-order valence-corrected chi connectivity index (χ1v) is 7.53. The van der Waals surface area contributed by atoms with Crippen LogP contribution in [0.25, 0.3) is 10.1 Å². The Morgan fingerprint density at radius 3 is 2.90 bits per heavy atom. The third-order valence-corrected chi connectivity index (χ3v) is 4.85. The lowest BCUT2D eigenvalue weighted by molar-refractivity contribution is -0.108. The number of likely N-dealkylation sites (tertiary alicyclic amines) is 1. The van der Waals surface area contributed by atoms with E-state index in [1.54, 1.807) is 17.0 Å². The molecule has 0 bridgehead atoms. The first-order chi connectivity index (χ1) is 10.0. The number of hydrogen-bond donors (Lipinski definition) is 1. The predicted octanol–water partition coefficient (Wildman–Crippen LogP) is 2.17. The number of nitrogens with zero attached hydrogens (tertiary/aromatic N) is 1. The van der Waals surface area contributed by atoms with E-state index in [1.807, 2.05) is 0 Å². The number of aldehydes is 1. The Hall–Kier alpha value is -1.79. The Bertz CT molecular complexity index is 707. The Morgan fingerprint density at radius 1 is 1.43 bits per heavy atom. The topological polar surface area (TPSA) is 63.4 Å². The summed E-state index contributed by atoms with van der Waals surface area (Å²) in [5.74, 6) is -0.387. The number of halogens is 1. The van der Waals surface area contributed by atoms with E-state index >= 15 is 0 Å². The lowest BCUT2D eigenvalue weighted by Gasteiger charge is -2.47. The second-order valence-corrected chi connectivity index (χ2v) is 6.61. The van der Waals surface area contributed by atoms with Gasteiger partial charge < -0.3 is 15.4 Å². The van der Waals surface area contributed by atoms with Crippen molar-refractivity contribution < 1.29 is 14.0 Å². The summed E-state index contributed by atoms with van der Waals surface area (Å²) >= 11 is 1.35. The van der Waals surface area contributed by atoms with Gasteiger partial charge in [0, 0.05) is 24.2 Å². The molecule has 2 aromatic rings. The fourth-order valence-corrected chi connectivity index (χ4v) is 3.65. The molecule has 1 saturated heterocycles. The van der Waals surface area contributed by atoms with Gasteiger partial charge in [0.15, 0.2) is 0 Å². The second-order valence-electron chi connectivity index (χ2n) is 5.52. The Balaban J connectivity index is 1.72. The van der Waals surface area contributed by atoms with Crippen molar-refractivity contribution in [1.29, 1.82) is 0 Å². The predicted molar refractivity (Wildman–Crippen MR) is 79.9 cm³/mol. The number of thiophene rings is 1. The summed E-state index contributed by atoms with van der Waals surface area (Å²) in [7, 11) is 0. The molecule has 0 saturated carbocycles. The van der Waals surface area contributed by atoms with E-state index in [1.165, 1.54) is 23.5 Å². The first-order valence-electron chi connectivity index (χ1n) is 6.72. The van der Waals surface area contributed by atoms with Crippen molar-refractivity contribution in [2.75, 3.05) is 13.1 Å². The van der Waals surface area contributed by atoms with E-state index < -0.39 is 5.54 Å². The van der Waals surface area contributed by atoms with E-state index in [4.69, 9.17) is 5.73 Å². The molecule has 2 heterocycles. The van der Waals surface area contributed by atoms with E-state index in [0.29, 0.717) is 30.8 Å². The quantitative estimate of drug-likeness (QED) is 0.881. The van der Waals surface area contributed by atoms with Crippen LogP contribution in [0.3, 0.4) is 0 Å². The second kappa shape index (κ2) is 5.20. The Labute approximate surface area is 125 Å². The number of benzene rings is 1. The molecule has 6 heteroatoms. The molecule has 2 N–H and O–H groups in total. The van der Waals surface area contributed by atoms with Gasteiger partial charge in [-0.25, -0.2) is 4.39 Å². The molecule has 0 radical (unpaired) electrons. The van der Waals surface area contributed by atoms with Crippen molar-refractivity contribution >= 4 is 33.6 Å². The average Bonchev–Trinajstić information content (AvgIpc) is 2.84. The van der Waals surface area contributed by atoms with Crippen molar-refractivity contribution in [2.45, 2.75) is 18.4 Å². The number of nitrogens with two attached hydrogens (primary N) is 1. The molecule has 1 aromatic heterocycles. The Kier molecular flexibility index (Phi) is 3.51. The van der Waals surface area contributed by atoms with Crippen LogP contribution in [0, 0.1) is 5.82 Å². The molecule has 0 unspecified atom stereocenters. The van der Waals surface area contributed by atoms with Gasteiger partial charge in [0.1, 0.15) is 12.1 Å². The monoisotopic (exact) mass is 306 g/mol. The van der Waals surface area contributed by atoms with Gasteiger partial charge in [-0.3, -0.25) is 4.79 Å². The summed E-state index contributed by atoms with van der Waals surface area (Å²) in [6.45, 7) is 0.921. The minimum Gasteiger partial charge on any atom is -0.334 e. The van der Waals surface area contributed by atoms with Gasteiger partial charge in [0.05, 0.1) is 10.4 Å². The third-order valence-electron chi connectivity index (χ3n) is 3.75. The summed E-state index contributed by atoms with van der Waals surface area (Å²) in [6.07, 6.45) is 1.86. The number of amides is 1. The van der Waals surface area contributed by atoms with Crippen molar-refractivity contribution in [1.82, 2.24) is 4.90 Å². The first kappa shape index (κ1) is 14.2. The minimum atomic E-state index is -0.445. The molecule has 0 aliphatic carbocycles. The van der Waals surface area contributed by atoms with Gasteiger partial charge in [-0.1, -0.05) is 0 Å². The highest BCUT2D eigenvalue weighted by Gasteiger charge is 2.41. The minimum absolute atomic E-state index is 0.0798. The van der Waals surface area contributed by atoms with Crippen molar-refractivity contribution in [3.05, 3.63) is 35.0 Å². The van der Waals surface area contributed by atoms with Crippen LogP contribution in [0.5, 0.6) is 0 Å². The number of carbonyl (C=O) groups is 2. The molecular formula is C15H15FN2O2S. The van der Waals surface area contributed by atoms with Crippen LogP contribution in [0.4, 0.5) is 4.39 Å². The van der Waals surface area contributed by atoms with Crippen molar-refractivity contribution in [3.63, 3.8) is 0 Å². The van der Waals surface area contributed by atoms with Crippen LogP contribution < -0.4 is 5.73 Å². The Morgan fingerprint density at radius 2 is 2.19 bits per heavy atom. The lowest BCUT2D eigenvalue weighted by atomic mass is 9.86. The van der Waals surface area contributed by atoms with E-state index in [0.717, 1.165) is 16.4 Å². The maximum atomic E-state index is 13.2. The molecule has 0 spiro atoms. The fourth-order valence-electron chi connectivity index (χ4n) is 2.64. The van der Waals surface area contributed by atoms with E-state index in [9.17, 15) is 14.0 Å². The largest absolute Gasteiger partial charge is 0.334 e. The molecule has 1 aromatic carbocycles. The standard InChI is InChI=1S/C15H15FN2O2S/c16-11-2-3-12-10(6-11)7-13(21-12)14(20)18-8-15(17,9-18)4-1-5-19/h2-3,5-7H,1,4,8-9,17H2. The van der Waals surface area contributed by atoms with Crippen LogP contribution in [-0.4, -0.2) is 35.7 Å². The molecule has 1 amide bonds. The highest BCUT2D eigenvalue weighted by Crippen LogP contribution is 2.30. The maximum Gasteiger partial charge on any atom is 0.264 e. The average molecular weight is 306 g/mol. The molecule has 3 rings (SSSR count). The molecule has 1 aliphatic heterocycles. The van der Waals surface area contributed by atoms with E-state index in [2.05, 4.69) is 0 Å². The van der Waals surface area contributed by atoms with Gasteiger partial charge in [-0.15, -0.1) is 11.3 Å². The molecule has 4 nitrogen and oxygen atoms in total. The third kappa shape index (κ3) is 2.69. The van der Waals surface area contributed by atoms with Gasteiger partial charge in [0.25, 0.3) is 5.91 Å². The molecule has 21 heavy (non-hydrogen) atoms. The number of carbonyl (C=O) groups excluding carboxylic acids is 2. The normalized spacial score (nSPS) is 16.8. The highest BCUT2D eigenvalue weighted by molar-refractivity contribution is 7.20. The summed E-state index contributed by atoms with van der Waals surface area (Å²) in [4.78, 5) is 25.0. The van der Waals surface area contributed by atoms with Gasteiger partial charge in [-0.2, -0.15) is 0 Å². The molecular weight excluding hydrogens is 291 g/mol. The summed E-state index contributed by atoms with van der Waals surface area (Å²) < 4.78 is 14.1. The van der Waals surface area contributed by atoms with Gasteiger partial charge in [0.2, 0.25) is 0 Å². The SMILES string of the molecule is NC1(CCC=O)CN(C(=O)c2cc3cc(F)ccc3s2)C1. The highest BCUT2D eigenvalue weighted by atomic mass is 32.1. The van der Waals surface area contributed by atoms with Crippen LogP contribution in [-0.2, 0) is 4.79 Å². The number of rotatable bonds is 4. The van der Waals surface area contributed by atoms with Crippen LogP contribution in [0.2, 0.25) is 0 Å². The van der Waals surface area contributed by atoms with Crippen LogP contribution in [0.15, 0.2) is 24.3 Å². The van der Waals surface area contributed by atoms with Gasteiger partial charge in [-0.05, 0) is 36.1 Å². The smallest absolute Gasteiger partial charge is 0.264 e. The number of hydrogen-bond acceptors (Lipinski definition) is 4. The fraction of sp³-hybridized carbons (Fsp3) is 0.333. The summed E-state index contributed by atoms with van der Waals surface area (Å²) in [6, 6.07) is 6.21. The summed E-state index contributed by atoms with van der Waals surface area (Å²) in [5.41, 5.74) is 5.65. The zero-order valence-corrected chi connectivity index (χ0v) is 12.2. The van der Waals surface area contributed by atoms with Crippen molar-refractivity contribution in [2.24, 2.45) is 5.73 Å². The van der Waals surface area contributed by atoms with Crippen LogP contribution in [0.1, 0.15) is 22.5 Å². The molecule has 1 fully saturated rings. The van der Waals surface area contributed by atoms with Crippen LogP contribution >= 0.6 is 11.3 Å². The van der Waals surface area contributed by atoms with Crippen molar-refractivity contribution in [3.8, 4) is 0 Å². The molecule has 110 valence electrons. The zero-order chi connectivity index (χ0) is 15.0. The summed E-state index contributed by atoms with van der Waals surface area (Å²) in [5, 5.41) is 0.740. The lowest BCUT2D eigenvalue weighted by Crippen LogP contribution is -2.68. The zero-order valence-electron chi connectivity index (χ0n) is 11.3. The molecule has 1 aliphatic rings.